The van der Waals surface area contributed by atoms with Crippen molar-refractivity contribution in [3.05, 3.63) is 23.5 Å². The molecule has 0 bridgehead atoms. The Hall–Kier alpha value is -1.87. The quantitative estimate of drug-likeness (QED) is 0.782. The zero-order chi connectivity index (χ0) is 12.4. The molecule has 2 heterocycles. The number of hydrogen-bond acceptors (Lipinski definition) is 3. The van der Waals surface area contributed by atoms with Crippen LogP contribution in [0.4, 0.5) is 4.39 Å². The highest BCUT2D eigenvalue weighted by Crippen LogP contribution is 2.22. The number of likely N-dealkylation sites (tertiary alicyclic amines) is 1. The van der Waals surface area contributed by atoms with Crippen molar-refractivity contribution < 1.29 is 14.3 Å². The van der Waals surface area contributed by atoms with Crippen LogP contribution in [0.2, 0.25) is 0 Å². The second-order valence-corrected chi connectivity index (χ2v) is 4.04. The molecule has 0 radical (unpaired) electrons. The monoisotopic (exact) mass is 237 g/mol. The molecule has 17 heavy (non-hydrogen) atoms. The Bertz CT molecular complexity index is 466. The molecule has 2 rings (SSSR count). The predicted octanol–water partition coefficient (Wildman–Crippen LogP) is 0.431. The van der Waals surface area contributed by atoms with Crippen LogP contribution in [0.25, 0.3) is 0 Å². The number of aromatic nitrogens is 1. The molecule has 0 saturated carbocycles. The number of nitriles is 1. The van der Waals surface area contributed by atoms with Crippen LogP contribution in [0, 0.1) is 11.3 Å². The van der Waals surface area contributed by atoms with Gasteiger partial charge in [-0.25, -0.2) is 4.39 Å². The molecule has 1 fully saturated rings. The molecule has 5 nitrogen and oxygen atoms in total. The lowest BCUT2D eigenvalue weighted by atomic mass is 10.2. The molecule has 0 spiro atoms. The number of nitrogens with one attached hydrogen (secondary N) is 1. The summed E-state index contributed by atoms with van der Waals surface area (Å²) in [4.78, 5) is 16.0. The molecule has 2 N–H and O–H groups in total. The van der Waals surface area contributed by atoms with Crippen molar-refractivity contribution in [3.8, 4) is 6.07 Å². The molecule has 1 aromatic rings. The fourth-order valence-electron chi connectivity index (χ4n) is 2.03. The number of hydrogen-bond donors (Lipinski definition) is 2. The number of H-pyrrole nitrogens is 1. The summed E-state index contributed by atoms with van der Waals surface area (Å²) in [5.41, 5.74) is 0.596. The lowest BCUT2D eigenvalue weighted by molar-refractivity contribution is 0.0673. The van der Waals surface area contributed by atoms with Crippen molar-refractivity contribution in [2.75, 3.05) is 13.2 Å². The maximum atomic E-state index is 13.2. The molecule has 0 aliphatic carbocycles. The van der Waals surface area contributed by atoms with Crippen molar-refractivity contribution in [2.45, 2.75) is 18.6 Å². The standard InChI is InChI=1S/C11H12FN3O2/c12-8-2-10(6-16)15(5-8)11(17)7-1-9(3-13)14-4-7/h1,4,8,10,14,16H,2,5-6H2/t8-,10-/m0/s1. The smallest absolute Gasteiger partial charge is 0.255 e. The number of alkyl halides is 1. The van der Waals surface area contributed by atoms with E-state index in [4.69, 9.17) is 10.4 Å². The van der Waals surface area contributed by atoms with Crippen LogP contribution in [0.5, 0.6) is 0 Å². The zero-order valence-electron chi connectivity index (χ0n) is 9.06. The van der Waals surface area contributed by atoms with Crippen molar-refractivity contribution in [2.24, 2.45) is 0 Å². The van der Waals surface area contributed by atoms with Gasteiger partial charge in [-0.2, -0.15) is 5.26 Å². The number of aromatic amines is 1. The molecule has 0 aromatic carbocycles. The summed E-state index contributed by atoms with van der Waals surface area (Å²) in [5.74, 6) is -0.359. The van der Waals surface area contributed by atoms with Crippen molar-refractivity contribution in [1.29, 1.82) is 5.26 Å². The summed E-state index contributed by atoms with van der Waals surface area (Å²) in [6.07, 6.45) is 0.490. The second-order valence-electron chi connectivity index (χ2n) is 4.04. The van der Waals surface area contributed by atoms with Gasteiger partial charge >= 0.3 is 0 Å². The Labute approximate surface area is 97.5 Å². The minimum atomic E-state index is -1.09. The molecule has 2 atom stereocenters. The first-order chi connectivity index (χ1) is 8.15. The third-order valence-electron chi connectivity index (χ3n) is 2.89. The van der Waals surface area contributed by atoms with Gasteiger partial charge in [-0.15, -0.1) is 0 Å². The van der Waals surface area contributed by atoms with Gasteiger partial charge in [0.1, 0.15) is 17.9 Å². The van der Waals surface area contributed by atoms with Gasteiger partial charge in [0.2, 0.25) is 0 Å². The lowest BCUT2D eigenvalue weighted by Crippen LogP contribution is -2.37. The molecule has 90 valence electrons. The third kappa shape index (κ3) is 2.15. The van der Waals surface area contributed by atoms with E-state index in [0.29, 0.717) is 5.56 Å². The number of aliphatic hydroxyl groups excluding tert-OH is 1. The molecular weight excluding hydrogens is 225 g/mol. The Morgan fingerprint density at radius 1 is 1.76 bits per heavy atom. The first-order valence-electron chi connectivity index (χ1n) is 5.30. The van der Waals surface area contributed by atoms with E-state index >= 15 is 0 Å². The number of halogens is 1. The molecular formula is C11H12FN3O2. The Morgan fingerprint density at radius 2 is 2.53 bits per heavy atom. The number of nitrogens with zero attached hydrogens (tertiary/aromatic N) is 2. The molecule has 1 amide bonds. The second kappa shape index (κ2) is 4.55. The molecule has 1 aromatic heterocycles. The topological polar surface area (TPSA) is 80.1 Å². The van der Waals surface area contributed by atoms with E-state index in [2.05, 4.69) is 4.98 Å². The molecule has 1 saturated heterocycles. The van der Waals surface area contributed by atoms with Crippen LogP contribution in [0.1, 0.15) is 22.5 Å². The van der Waals surface area contributed by atoms with E-state index < -0.39 is 12.2 Å². The van der Waals surface area contributed by atoms with Gasteiger partial charge in [0, 0.05) is 12.6 Å². The first kappa shape index (κ1) is 11.6. The summed E-state index contributed by atoms with van der Waals surface area (Å²) in [6, 6.07) is 2.82. The largest absolute Gasteiger partial charge is 0.394 e. The van der Waals surface area contributed by atoms with Crippen LogP contribution in [0.15, 0.2) is 12.3 Å². The van der Waals surface area contributed by atoms with E-state index in [1.165, 1.54) is 17.2 Å². The minimum Gasteiger partial charge on any atom is -0.394 e. The summed E-state index contributed by atoms with van der Waals surface area (Å²) in [5, 5.41) is 17.7. The number of aliphatic hydroxyl groups is 1. The number of amides is 1. The number of rotatable bonds is 2. The highest BCUT2D eigenvalue weighted by Gasteiger charge is 2.35. The van der Waals surface area contributed by atoms with Crippen molar-refractivity contribution in [1.82, 2.24) is 9.88 Å². The lowest BCUT2D eigenvalue weighted by Gasteiger charge is -2.21. The average Bonchev–Trinajstić information content (AvgIpc) is 2.93. The minimum absolute atomic E-state index is 0.00285. The fraction of sp³-hybridized carbons (Fsp3) is 0.455. The molecule has 0 unspecified atom stereocenters. The summed E-state index contributed by atoms with van der Waals surface area (Å²) in [7, 11) is 0. The van der Waals surface area contributed by atoms with Crippen LogP contribution < -0.4 is 0 Å². The highest BCUT2D eigenvalue weighted by atomic mass is 19.1. The Morgan fingerprint density at radius 3 is 3.12 bits per heavy atom. The van der Waals surface area contributed by atoms with Crippen molar-refractivity contribution in [3.63, 3.8) is 0 Å². The van der Waals surface area contributed by atoms with Gasteiger partial charge in [-0.3, -0.25) is 4.79 Å². The van der Waals surface area contributed by atoms with E-state index in [1.807, 2.05) is 6.07 Å². The summed E-state index contributed by atoms with van der Waals surface area (Å²) < 4.78 is 13.2. The maximum Gasteiger partial charge on any atom is 0.255 e. The predicted molar refractivity (Wildman–Crippen MR) is 56.9 cm³/mol. The van der Waals surface area contributed by atoms with Crippen LogP contribution in [-0.4, -0.2) is 46.3 Å². The van der Waals surface area contributed by atoms with Crippen LogP contribution >= 0.6 is 0 Å². The van der Waals surface area contributed by atoms with Gasteiger partial charge in [0.15, 0.2) is 0 Å². The number of carbonyl (C=O) groups excluding carboxylic acids is 1. The number of carbonyl (C=O) groups is 1. The van der Waals surface area contributed by atoms with Gasteiger partial charge < -0.3 is 15.0 Å². The summed E-state index contributed by atoms with van der Waals surface area (Å²) >= 11 is 0. The average molecular weight is 237 g/mol. The molecule has 6 heteroatoms. The third-order valence-corrected chi connectivity index (χ3v) is 2.89. The first-order valence-corrected chi connectivity index (χ1v) is 5.30. The van der Waals surface area contributed by atoms with Gasteiger partial charge in [0.25, 0.3) is 5.91 Å². The highest BCUT2D eigenvalue weighted by molar-refractivity contribution is 5.94. The van der Waals surface area contributed by atoms with Crippen LogP contribution in [0.3, 0.4) is 0 Å². The van der Waals surface area contributed by atoms with Crippen molar-refractivity contribution >= 4 is 5.91 Å². The fourth-order valence-corrected chi connectivity index (χ4v) is 2.03. The Kier molecular flexibility index (Phi) is 3.11. The van der Waals surface area contributed by atoms with Crippen LogP contribution in [-0.2, 0) is 0 Å². The maximum absolute atomic E-state index is 13.2. The zero-order valence-corrected chi connectivity index (χ0v) is 9.06. The Balaban J connectivity index is 2.17. The normalized spacial score (nSPS) is 23.7. The van der Waals surface area contributed by atoms with E-state index in [1.54, 1.807) is 0 Å². The SMILES string of the molecule is N#Cc1cc(C(=O)N2C[C@@H](F)C[C@H]2CO)c[nH]1. The van der Waals surface area contributed by atoms with Gasteiger partial charge in [-0.1, -0.05) is 0 Å². The van der Waals surface area contributed by atoms with E-state index in [0.717, 1.165) is 0 Å². The van der Waals surface area contributed by atoms with Gasteiger partial charge in [-0.05, 0) is 6.07 Å². The summed E-state index contributed by atoms with van der Waals surface area (Å²) in [6.45, 7) is -0.251. The van der Waals surface area contributed by atoms with Gasteiger partial charge in [0.05, 0.1) is 24.8 Å². The van der Waals surface area contributed by atoms with E-state index in [9.17, 15) is 9.18 Å². The molecule has 1 aliphatic heterocycles. The van der Waals surface area contributed by atoms with E-state index in [-0.39, 0.29) is 31.2 Å². The molecule has 1 aliphatic rings.